The zero-order chi connectivity index (χ0) is 30.2. The third kappa shape index (κ3) is 3.95. The van der Waals surface area contributed by atoms with Crippen LogP contribution in [-0.4, -0.2) is 33.0 Å². The number of hydrogen-bond donors (Lipinski definition) is 2. The Morgan fingerprint density at radius 2 is 1.72 bits per heavy atom. The van der Waals surface area contributed by atoms with Crippen molar-refractivity contribution in [2.24, 2.45) is 0 Å². The number of para-hydroxylation sites is 1. The lowest BCUT2D eigenvalue weighted by Crippen LogP contribution is -2.19. The monoisotopic (exact) mass is 572 g/mol. The minimum absolute atomic E-state index is 0.201. The number of aryl methyl sites for hydroxylation is 5. The van der Waals surface area contributed by atoms with Gasteiger partial charge in [-0.1, -0.05) is 32.0 Å². The predicted molar refractivity (Wildman–Crippen MR) is 175 cm³/mol. The van der Waals surface area contributed by atoms with Gasteiger partial charge >= 0.3 is 5.97 Å². The molecule has 1 atom stereocenters. The summed E-state index contributed by atoms with van der Waals surface area (Å²) >= 11 is 0. The zero-order valence-corrected chi connectivity index (χ0v) is 26.3. The first kappa shape index (κ1) is 27.6. The molecule has 2 N–H and O–H groups in total. The molecule has 8 bridgehead atoms. The number of allylic oxidation sites excluding steroid dienone is 2. The van der Waals surface area contributed by atoms with E-state index < -0.39 is 0 Å². The highest BCUT2D eigenvalue weighted by molar-refractivity contribution is 6.03. The number of carbonyl (C=O) groups is 1. The maximum Gasteiger partial charge on any atom is 0.305 e. The molecule has 43 heavy (non-hydrogen) atoms. The smallest absolute Gasteiger partial charge is 0.305 e. The molecule has 0 saturated carbocycles. The zero-order valence-electron chi connectivity index (χ0n) is 26.3. The summed E-state index contributed by atoms with van der Waals surface area (Å²) in [5.41, 5.74) is 18.5. The van der Waals surface area contributed by atoms with Crippen LogP contribution in [0, 0.1) is 13.8 Å². The number of nitrogens with zero attached hydrogens (tertiary/aromatic N) is 2. The number of esters is 1. The number of aromatic amines is 2. The van der Waals surface area contributed by atoms with E-state index in [2.05, 4.69) is 81.8 Å². The van der Waals surface area contributed by atoms with Gasteiger partial charge in [0.25, 0.3) is 0 Å². The summed E-state index contributed by atoms with van der Waals surface area (Å²) in [4.78, 5) is 30.7. The van der Waals surface area contributed by atoms with Crippen LogP contribution in [0.5, 0.6) is 0 Å². The van der Waals surface area contributed by atoms with Gasteiger partial charge in [0.05, 0.1) is 29.7 Å². The largest absolute Gasteiger partial charge is 0.469 e. The van der Waals surface area contributed by atoms with E-state index in [0.29, 0.717) is 12.8 Å². The fourth-order valence-electron chi connectivity index (χ4n) is 7.64. The van der Waals surface area contributed by atoms with Crippen LogP contribution in [0.1, 0.15) is 97.4 Å². The van der Waals surface area contributed by atoms with Crippen molar-refractivity contribution < 1.29 is 9.53 Å². The molecule has 220 valence electrons. The van der Waals surface area contributed by atoms with Crippen LogP contribution in [0.3, 0.4) is 0 Å². The van der Waals surface area contributed by atoms with Gasteiger partial charge in [-0.2, -0.15) is 0 Å². The SMILES string of the molecule is CCc1c(C)c2cc3nc4c(cccc4c4nc(c5c6[nH]c(cc1[nH]2)c(C)c6CC5)C(CCC(=O)OC)=C4C)C3(C)CC. The average molecular weight is 573 g/mol. The second-order valence-corrected chi connectivity index (χ2v) is 12.6. The standard InChI is InChI=1S/C37H40N4O2/c1-8-22-19(3)29-18-31-37(6,9-2)27-12-10-11-25(36(27)40-31)33-21(5)24(15-16-32(42)43-7)35(41-33)26-14-13-23-20(4)28(39-34(23)26)17-30(22)38-29/h10-12,17-18,38-39H,8-9,13-16H2,1-7H3. The highest BCUT2D eigenvalue weighted by atomic mass is 16.5. The molecule has 5 heterocycles. The van der Waals surface area contributed by atoms with E-state index in [1.54, 1.807) is 0 Å². The number of hydrogen-bond acceptors (Lipinski definition) is 4. The fraction of sp³-hybridized carbons (Fsp3) is 0.378. The summed E-state index contributed by atoms with van der Waals surface area (Å²) < 4.78 is 5.03. The molecule has 6 heteroatoms. The van der Waals surface area contributed by atoms with Gasteiger partial charge < -0.3 is 14.7 Å². The molecule has 3 aromatic heterocycles. The van der Waals surface area contributed by atoms with E-state index >= 15 is 0 Å². The van der Waals surface area contributed by atoms with Gasteiger partial charge in [0.15, 0.2) is 0 Å². The molecular weight excluding hydrogens is 532 g/mol. The molecule has 1 unspecified atom stereocenters. The number of H-pyrrole nitrogens is 2. The summed E-state index contributed by atoms with van der Waals surface area (Å²) in [6.45, 7) is 13.4. The van der Waals surface area contributed by atoms with E-state index in [9.17, 15) is 4.79 Å². The van der Waals surface area contributed by atoms with Crippen LogP contribution in [-0.2, 0) is 34.2 Å². The minimum atomic E-state index is -0.218. The van der Waals surface area contributed by atoms with Crippen LogP contribution in [0.25, 0.3) is 44.1 Å². The highest BCUT2D eigenvalue weighted by Gasteiger charge is 2.36. The average Bonchev–Trinajstić information content (AvgIpc) is 3.78. The summed E-state index contributed by atoms with van der Waals surface area (Å²) in [5.74, 6) is -0.201. The number of fused-ring (bicyclic) bond motifs is 8. The first-order valence-corrected chi connectivity index (χ1v) is 15.6. The number of aromatic nitrogens is 4. The van der Waals surface area contributed by atoms with Crippen molar-refractivity contribution in [2.75, 3.05) is 7.11 Å². The van der Waals surface area contributed by atoms with E-state index in [0.717, 1.165) is 81.4 Å². The Kier molecular flexibility index (Phi) is 6.38. The van der Waals surface area contributed by atoms with E-state index in [-0.39, 0.29) is 11.4 Å². The van der Waals surface area contributed by atoms with Crippen LogP contribution in [0.4, 0.5) is 0 Å². The van der Waals surface area contributed by atoms with Crippen molar-refractivity contribution in [1.82, 2.24) is 19.9 Å². The normalized spacial score (nSPS) is 17.5. The van der Waals surface area contributed by atoms with Gasteiger partial charge in [0.1, 0.15) is 0 Å². The number of ether oxygens (including phenoxy) is 1. The van der Waals surface area contributed by atoms with Crippen molar-refractivity contribution in [1.29, 1.82) is 0 Å². The second kappa shape index (κ2) is 9.94. The lowest BCUT2D eigenvalue weighted by Gasteiger charge is -2.23. The van der Waals surface area contributed by atoms with Crippen LogP contribution in [0.15, 0.2) is 30.3 Å². The Balaban J connectivity index is 1.68. The molecule has 0 radical (unpaired) electrons. The van der Waals surface area contributed by atoms with E-state index in [1.165, 1.54) is 46.0 Å². The number of nitrogens with one attached hydrogen (secondary N) is 2. The minimum Gasteiger partial charge on any atom is -0.469 e. The van der Waals surface area contributed by atoms with Gasteiger partial charge in [0.2, 0.25) is 0 Å². The molecule has 0 fully saturated rings. The summed E-state index contributed by atoms with van der Waals surface area (Å²) in [6, 6.07) is 11.1. The van der Waals surface area contributed by atoms with Gasteiger partial charge in [-0.05, 0) is 111 Å². The van der Waals surface area contributed by atoms with Crippen molar-refractivity contribution in [2.45, 2.75) is 85.5 Å². The predicted octanol–water partition coefficient (Wildman–Crippen LogP) is 8.35. The highest BCUT2D eigenvalue weighted by Crippen LogP contribution is 2.45. The van der Waals surface area contributed by atoms with Crippen LogP contribution < -0.4 is 0 Å². The fourth-order valence-corrected chi connectivity index (χ4v) is 7.64. The van der Waals surface area contributed by atoms with Crippen molar-refractivity contribution >= 4 is 50.1 Å². The summed E-state index contributed by atoms with van der Waals surface area (Å²) in [7, 11) is 1.46. The van der Waals surface area contributed by atoms with E-state index in [4.69, 9.17) is 14.7 Å². The Morgan fingerprint density at radius 3 is 2.47 bits per heavy atom. The molecule has 0 amide bonds. The van der Waals surface area contributed by atoms with Gasteiger partial charge in [-0.25, -0.2) is 4.98 Å². The van der Waals surface area contributed by atoms with Gasteiger partial charge in [-0.15, -0.1) is 0 Å². The molecule has 0 saturated heterocycles. The topological polar surface area (TPSA) is 83.7 Å². The Bertz CT molecular complexity index is 2060. The summed E-state index contributed by atoms with van der Waals surface area (Å²) in [5, 5.41) is 1.06. The lowest BCUT2D eigenvalue weighted by molar-refractivity contribution is -0.140. The Morgan fingerprint density at radius 1 is 0.953 bits per heavy atom. The summed E-state index contributed by atoms with van der Waals surface area (Å²) in [6.07, 6.45) is 4.70. The quantitative estimate of drug-likeness (QED) is 0.235. The molecule has 0 spiro atoms. The van der Waals surface area contributed by atoms with Crippen molar-refractivity contribution in [3.63, 3.8) is 0 Å². The molecule has 6 nitrogen and oxygen atoms in total. The molecule has 4 aromatic rings. The molecule has 7 rings (SSSR count). The van der Waals surface area contributed by atoms with Gasteiger partial charge in [-0.3, -0.25) is 9.78 Å². The third-order valence-corrected chi connectivity index (χ3v) is 10.5. The van der Waals surface area contributed by atoms with Crippen molar-refractivity contribution in [3.8, 4) is 0 Å². The number of benzene rings is 1. The van der Waals surface area contributed by atoms with Gasteiger partial charge in [0, 0.05) is 44.9 Å². The van der Waals surface area contributed by atoms with E-state index in [1.807, 2.05) is 0 Å². The second-order valence-electron chi connectivity index (χ2n) is 12.6. The maximum absolute atomic E-state index is 12.3. The van der Waals surface area contributed by atoms with Crippen LogP contribution >= 0.6 is 0 Å². The van der Waals surface area contributed by atoms with Crippen LogP contribution in [0.2, 0.25) is 0 Å². The van der Waals surface area contributed by atoms with Crippen molar-refractivity contribution in [3.05, 3.63) is 80.8 Å². The molecular formula is C37H40N4O2. The number of rotatable bonds is 5. The molecule has 1 aliphatic carbocycles. The number of methoxy groups -OCH3 is 1. The first-order chi connectivity index (χ1) is 20.7. The first-order valence-electron chi connectivity index (χ1n) is 15.6. The maximum atomic E-state index is 12.3. The molecule has 1 aromatic carbocycles. The lowest BCUT2D eigenvalue weighted by atomic mass is 9.78. The Labute approximate surface area is 252 Å². The molecule has 2 aliphatic heterocycles. The third-order valence-electron chi connectivity index (χ3n) is 10.5. The number of carbonyl (C=O) groups excluding carboxylic acids is 1. The Hall–Kier alpha value is -4.19. The molecule has 3 aliphatic rings.